The molecule has 0 aromatic heterocycles. The monoisotopic (exact) mass is 1010 g/mol. The number of carbonyl (C=O) groups is 2. The number of unbranched alkanes of at least 4 members (excludes halogenated alkanes) is 49. The molecule has 0 aromatic carbocycles. The third kappa shape index (κ3) is 62.9. The molecule has 0 fully saturated rings. The van der Waals surface area contributed by atoms with Crippen LogP contribution in [0.1, 0.15) is 386 Å². The van der Waals surface area contributed by atoms with E-state index in [0.29, 0.717) is 18.7 Å². The smallest absolute Gasteiger partial charge is 0.220 e. The Morgan fingerprint density at radius 3 is 0.903 bits per heavy atom. The molecule has 1 atom stereocenters. The van der Waals surface area contributed by atoms with Crippen molar-refractivity contribution in [2.24, 2.45) is 0 Å². The Labute approximate surface area is 452 Å². The van der Waals surface area contributed by atoms with Crippen molar-refractivity contribution in [2.45, 2.75) is 392 Å². The van der Waals surface area contributed by atoms with Crippen molar-refractivity contribution in [1.82, 2.24) is 5.32 Å². The second-order valence-electron chi connectivity index (χ2n) is 23.1. The Bertz CT molecular complexity index is 1100. The van der Waals surface area contributed by atoms with Crippen LogP contribution < -0.4 is 5.32 Å². The minimum Gasteiger partial charge on any atom is -0.391 e. The predicted octanol–water partition coefficient (Wildman–Crippen LogP) is 22.8. The molecule has 0 aliphatic heterocycles. The molecule has 4 heteroatoms. The van der Waals surface area contributed by atoms with Crippen LogP contribution in [-0.4, -0.2) is 29.4 Å². The molecule has 0 aromatic rings. The quantitative estimate of drug-likeness (QED) is 0.0471. The molecular formula is C68H131NO3. The maximum atomic E-state index is 12.3. The van der Waals surface area contributed by atoms with E-state index in [9.17, 15) is 14.7 Å². The highest BCUT2D eigenvalue weighted by Gasteiger charge is 2.08. The number of hydrogen-bond donors (Lipinski definition) is 2. The molecule has 2 N–H and O–H groups in total. The van der Waals surface area contributed by atoms with Gasteiger partial charge in [-0.1, -0.05) is 334 Å². The number of amides is 1. The molecule has 0 aliphatic rings. The second-order valence-corrected chi connectivity index (χ2v) is 23.1. The molecule has 0 heterocycles. The first kappa shape index (κ1) is 70.6. The number of rotatable bonds is 63. The van der Waals surface area contributed by atoms with Crippen molar-refractivity contribution in [3.05, 3.63) is 24.3 Å². The molecule has 0 bridgehead atoms. The lowest BCUT2D eigenvalue weighted by Crippen LogP contribution is -2.31. The summed E-state index contributed by atoms with van der Waals surface area (Å²) in [6.07, 6.45) is 84.2. The van der Waals surface area contributed by atoms with Crippen LogP contribution in [0.5, 0.6) is 0 Å². The van der Waals surface area contributed by atoms with E-state index in [4.69, 9.17) is 0 Å². The minimum absolute atomic E-state index is 0.117. The van der Waals surface area contributed by atoms with Crippen LogP contribution in [0.2, 0.25) is 0 Å². The molecule has 0 unspecified atom stereocenters. The van der Waals surface area contributed by atoms with Crippen LogP contribution in [0.15, 0.2) is 24.3 Å². The number of hydrogen-bond acceptors (Lipinski definition) is 3. The summed E-state index contributed by atoms with van der Waals surface area (Å²) < 4.78 is 0. The van der Waals surface area contributed by atoms with E-state index >= 15 is 0 Å². The third-order valence-electron chi connectivity index (χ3n) is 15.7. The molecule has 4 nitrogen and oxygen atoms in total. The SMILES string of the molecule is CCCCCC=CCC=CCCCCCCCC(=O)CCCCCCCCCCCCCCCCCCCCCCCCCCCCCC(=O)NC[C@@H](O)CCCCCCCCCCCCCCCCCC. The Hall–Kier alpha value is -1.42. The summed E-state index contributed by atoms with van der Waals surface area (Å²) in [5, 5.41) is 13.3. The first-order chi connectivity index (χ1) is 35.6. The van der Waals surface area contributed by atoms with Crippen molar-refractivity contribution >= 4 is 11.7 Å². The first-order valence-corrected chi connectivity index (χ1v) is 33.4. The molecule has 0 rings (SSSR count). The van der Waals surface area contributed by atoms with Gasteiger partial charge in [-0.05, 0) is 57.8 Å². The highest BCUT2D eigenvalue weighted by Crippen LogP contribution is 2.19. The van der Waals surface area contributed by atoms with Gasteiger partial charge in [0.05, 0.1) is 6.10 Å². The lowest BCUT2D eigenvalue weighted by molar-refractivity contribution is -0.121. The Morgan fingerprint density at radius 1 is 0.319 bits per heavy atom. The van der Waals surface area contributed by atoms with Gasteiger partial charge in [-0.25, -0.2) is 0 Å². The third-order valence-corrected chi connectivity index (χ3v) is 15.7. The Balaban J connectivity index is 3.25. The van der Waals surface area contributed by atoms with Crippen LogP contribution in [0.4, 0.5) is 0 Å². The zero-order valence-electron chi connectivity index (χ0n) is 49.4. The van der Waals surface area contributed by atoms with E-state index < -0.39 is 6.10 Å². The molecular weight excluding hydrogens is 879 g/mol. The van der Waals surface area contributed by atoms with Crippen LogP contribution in [-0.2, 0) is 9.59 Å². The van der Waals surface area contributed by atoms with Gasteiger partial charge < -0.3 is 10.4 Å². The molecule has 0 radical (unpaired) electrons. The number of allylic oxidation sites excluding steroid dienone is 4. The number of Topliss-reactive ketones (excluding diaryl/α,β-unsaturated/α-hetero) is 1. The number of ketones is 1. The van der Waals surface area contributed by atoms with E-state index in [-0.39, 0.29) is 5.91 Å². The maximum Gasteiger partial charge on any atom is 0.220 e. The highest BCUT2D eigenvalue weighted by atomic mass is 16.3. The van der Waals surface area contributed by atoms with Gasteiger partial charge in [0.15, 0.2) is 0 Å². The highest BCUT2D eigenvalue weighted by molar-refractivity contribution is 5.78. The fraction of sp³-hybridized carbons (Fsp3) is 0.912. The summed E-state index contributed by atoms with van der Waals surface area (Å²) in [5.74, 6) is 0.624. The molecule has 0 spiro atoms. The fourth-order valence-electron chi connectivity index (χ4n) is 10.6. The summed E-state index contributed by atoms with van der Waals surface area (Å²) in [4.78, 5) is 24.5. The van der Waals surface area contributed by atoms with Crippen LogP contribution in [0, 0.1) is 0 Å². The molecule has 1 amide bonds. The van der Waals surface area contributed by atoms with Gasteiger partial charge >= 0.3 is 0 Å². The minimum atomic E-state index is -0.392. The van der Waals surface area contributed by atoms with Crippen LogP contribution in [0.25, 0.3) is 0 Å². The first-order valence-electron chi connectivity index (χ1n) is 33.4. The van der Waals surface area contributed by atoms with Crippen molar-refractivity contribution in [3.8, 4) is 0 Å². The summed E-state index contributed by atoms with van der Waals surface area (Å²) >= 11 is 0. The maximum absolute atomic E-state index is 12.3. The summed E-state index contributed by atoms with van der Waals surface area (Å²) in [6, 6.07) is 0. The average Bonchev–Trinajstić information content (AvgIpc) is 3.38. The number of aliphatic hydroxyl groups is 1. The van der Waals surface area contributed by atoms with Crippen molar-refractivity contribution in [2.75, 3.05) is 6.54 Å². The topological polar surface area (TPSA) is 66.4 Å². The standard InChI is InChI=1S/C68H131NO3/c1-3-5-7-9-11-13-15-17-19-34-39-43-47-51-55-59-63-67(71)65-69-68(72)64-60-56-52-48-44-40-36-32-30-28-26-24-22-20-21-23-25-27-29-31-35-38-42-46-50-54-58-62-66(70)61-57-53-49-45-41-37-33-18-16-14-12-10-8-6-4-2/h12,14,18,33,67,71H,3-11,13,15-17,19-32,34-65H2,1-2H3,(H,69,72)/t67-/m0/s1. The van der Waals surface area contributed by atoms with Gasteiger partial charge in [-0.3, -0.25) is 9.59 Å². The van der Waals surface area contributed by atoms with Gasteiger partial charge in [-0.15, -0.1) is 0 Å². The molecule has 0 aliphatic carbocycles. The largest absolute Gasteiger partial charge is 0.391 e. The summed E-state index contributed by atoms with van der Waals surface area (Å²) in [5.41, 5.74) is 0. The van der Waals surface area contributed by atoms with Gasteiger partial charge in [0.25, 0.3) is 0 Å². The van der Waals surface area contributed by atoms with Gasteiger partial charge in [0, 0.05) is 25.8 Å². The molecule has 426 valence electrons. The van der Waals surface area contributed by atoms with E-state index in [1.54, 1.807) is 0 Å². The fourth-order valence-corrected chi connectivity index (χ4v) is 10.6. The van der Waals surface area contributed by atoms with Gasteiger partial charge in [-0.2, -0.15) is 0 Å². The zero-order chi connectivity index (χ0) is 52.0. The lowest BCUT2D eigenvalue weighted by Gasteiger charge is -2.12. The number of aliphatic hydroxyl groups excluding tert-OH is 1. The predicted molar refractivity (Wildman–Crippen MR) is 321 cm³/mol. The van der Waals surface area contributed by atoms with Crippen molar-refractivity contribution in [1.29, 1.82) is 0 Å². The van der Waals surface area contributed by atoms with E-state index in [1.165, 1.54) is 308 Å². The number of nitrogens with one attached hydrogen (secondary N) is 1. The molecule has 0 saturated heterocycles. The summed E-state index contributed by atoms with van der Waals surface area (Å²) in [7, 11) is 0. The van der Waals surface area contributed by atoms with Crippen molar-refractivity contribution < 1.29 is 14.7 Å². The normalized spacial score (nSPS) is 12.3. The molecule has 72 heavy (non-hydrogen) atoms. The average molecular weight is 1010 g/mol. The zero-order valence-corrected chi connectivity index (χ0v) is 49.4. The van der Waals surface area contributed by atoms with Gasteiger partial charge in [0.2, 0.25) is 5.91 Å². The van der Waals surface area contributed by atoms with Crippen LogP contribution in [0.3, 0.4) is 0 Å². The Kier molecular flexibility index (Phi) is 62.6. The van der Waals surface area contributed by atoms with Crippen molar-refractivity contribution in [3.63, 3.8) is 0 Å². The van der Waals surface area contributed by atoms with E-state index in [1.807, 2.05) is 0 Å². The van der Waals surface area contributed by atoms with Gasteiger partial charge in [0.1, 0.15) is 5.78 Å². The lowest BCUT2D eigenvalue weighted by atomic mass is 10.0. The van der Waals surface area contributed by atoms with E-state index in [2.05, 4.69) is 43.5 Å². The van der Waals surface area contributed by atoms with E-state index in [0.717, 1.165) is 57.8 Å². The summed E-state index contributed by atoms with van der Waals surface area (Å²) in [6.45, 7) is 4.97. The second kappa shape index (κ2) is 63.9. The Morgan fingerprint density at radius 2 is 0.569 bits per heavy atom. The van der Waals surface area contributed by atoms with Crippen LogP contribution >= 0.6 is 0 Å². The molecule has 0 saturated carbocycles. The number of carbonyl (C=O) groups excluding carboxylic acids is 2.